The number of nitrogens with zero attached hydrogens (tertiary/aromatic N) is 3. The fourth-order valence-electron chi connectivity index (χ4n) is 2.87. The van der Waals surface area contributed by atoms with Gasteiger partial charge in [0, 0.05) is 16.7 Å². The van der Waals surface area contributed by atoms with Crippen molar-refractivity contribution in [3.05, 3.63) is 37.5 Å². The van der Waals surface area contributed by atoms with Gasteiger partial charge in [-0.1, -0.05) is 48.7 Å². The standard InChI is InChI=1S/C20H21Cl3N6O4/c1-5-10-13(21)15(27-26-12(7-24)18(30)25-20(31)32)14(22)11(6-2)16(10)33-19-9(4)8(3)17(23)28-29-19/h12,26-27H,5-6H2,1-4H3,(H,25,30)(H,31,32). The second-order valence-electron chi connectivity index (χ2n) is 6.77. The van der Waals surface area contributed by atoms with Crippen molar-refractivity contribution in [1.29, 1.82) is 5.26 Å². The molecule has 0 radical (unpaired) electrons. The summed E-state index contributed by atoms with van der Waals surface area (Å²) in [6.45, 7) is 7.33. The van der Waals surface area contributed by atoms with Gasteiger partial charge in [0.15, 0.2) is 11.2 Å². The molecule has 1 aromatic carbocycles. The number of halogens is 3. The molecule has 1 heterocycles. The largest absolute Gasteiger partial charge is 0.465 e. The average Bonchev–Trinajstić information content (AvgIpc) is 2.76. The van der Waals surface area contributed by atoms with Crippen molar-refractivity contribution in [2.75, 3.05) is 5.43 Å². The summed E-state index contributed by atoms with van der Waals surface area (Å²) in [6.07, 6.45) is -0.683. The lowest BCUT2D eigenvalue weighted by atomic mass is 10.0. The fourth-order valence-corrected chi connectivity index (χ4v) is 3.82. The van der Waals surface area contributed by atoms with Crippen LogP contribution in [-0.4, -0.2) is 33.3 Å². The van der Waals surface area contributed by atoms with E-state index in [2.05, 4.69) is 21.0 Å². The molecule has 176 valence electrons. The molecule has 33 heavy (non-hydrogen) atoms. The van der Waals surface area contributed by atoms with Crippen molar-refractivity contribution in [2.45, 2.75) is 46.6 Å². The Balaban J connectivity index is 2.49. The number of carboxylic acid groups (broad SMARTS) is 1. The van der Waals surface area contributed by atoms with E-state index in [1.54, 1.807) is 25.2 Å². The molecule has 2 aromatic rings. The molecule has 2 rings (SSSR count). The topological polar surface area (TPSA) is 149 Å². The molecule has 0 bridgehead atoms. The molecule has 0 spiro atoms. The highest BCUT2D eigenvalue weighted by Crippen LogP contribution is 2.45. The van der Waals surface area contributed by atoms with E-state index < -0.39 is 18.0 Å². The monoisotopic (exact) mass is 514 g/mol. The summed E-state index contributed by atoms with van der Waals surface area (Å²) in [7, 11) is 0. The zero-order valence-electron chi connectivity index (χ0n) is 18.1. The number of rotatable bonds is 8. The molecule has 2 amide bonds. The molecule has 0 aliphatic heterocycles. The van der Waals surface area contributed by atoms with Crippen LogP contribution in [0, 0.1) is 25.2 Å². The summed E-state index contributed by atoms with van der Waals surface area (Å²) in [5, 5.41) is 28.0. The smallest absolute Gasteiger partial charge is 0.411 e. The SMILES string of the molecule is CCc1c(Cl)c(NNC(C#N)C(=O)NC(=O)O)c(Cl)c(CC)c1Oc1nnc(Cl)c(C)c1C. The molecule has 0 saturated carbocycles. The van der Waals surface area contributed by atoms with Gasteiger partial charge in [0.05, 0.1) is 21.8 Å². The van der Waals surface area contributed by atoms with Gasteiger partial charge in [-0.25, -0.2) is 10.2 Å². The Morgan fingerprint density at radius 1 is 1.09 bits per heavy atom. The van der Waals surface area contributed by atoms with E-state index in [9.17, 15) is 14.9 Å². The van der Waals surface area contributed by atoms with E-state index in [-0.39, 0.29) is 26.8 Å². The molecular weight excluding hydrogens is 495 g/mol. The number of anilines is 1. The maximum Gasteiger partial charge on any atom is 0.411 e. The number of imide groups is 1. The highest BCUT2D eigenvalue weighted by atomic mass is 35.5. The number of carbonyl (C=O) groups is 2. The third-order valence-electron chi connectivity index (χ3n) is 4.81. The number of hydrogen-bond donors (Lipinski definition) is 4. The molecule has 13 heteroatoms. The Morgan fingerprint density at radius 3 is 2.15 bits per heavy atom. The lowest BCUT2D eigenvalue weighted by Gasteiger charge is -2.22. The molecule has 0 aliphatic rings. The zero-order chi connectivity index (χ0) is 24.9. The van der Waals surface area contributed by atoms with E-state index in [4.69, 9.17) is 44.6 Å². The Bertz CT molecular complexity index is 1100. The van der Waals surface area contributed by atoms with E-state index in [1.807, 2.05) is 13.8 Å². The van der Waals surface area contributed by atoms with Crippen LogP contribution < -0.4 is 20.9 Å². The predicted molar refractivity (Wildman–Crippen MR) is 124 cm³/mol. The molecule has 0 fully saturated rings. The average molecular weight is 516 g/mol. The highest BCUT2D eigenvalue weighted by Gasteiger charge is 2.25. The minimum atomic E-state index is -1.59. The van der Waals surface area contributed by atoms with Crippen molar-refractivity contribution in [3.63, 3.8) is 0 Å². The van der Waals surface area contributed by atoms with Crippen LogP contribution in [0.1, 0.15) is 36.1 Å². The number of nitrogens with one attached hydrogen (secondary N) is 3. The van der Waals surface area contributed by atoms with Crippen LogP contribution in [0.5, 0.6) is 11.6 Å². The van der Waals surface area contributed by atoms with Gasteiger partial charge in [0.25, 0.3) is 5.91 Å². The first-order valence-corrected chi connectivity index (χ1v) is 10.8. The van der Waals surface area contributed by atoms with Crippen LogP contribution in [0.15, 0.2) is 0 Å². The van der Waals surface area contributed by atoms with Crippen LogP contribution in [0.4, 0.5) is 10.5 Å². The summed E-state index contributed by atoms with van der Waals surface area (Å²) in [5.41, 5.74) is 7.92. The molecule has 4 N–H and O–H groups in total. The van der Waals surface area contributed by atoms with Gasteiger partial charge in [-0.05, 0) is 32.3 Å². The summed E-state index contributed by atoms with van der Waals surface area (Å²) < 4.78 is 6.10. The number of nitriles is 1. The highest BCUT2D eigenvalue weighted by molar-refractivity contribution is 6.40. The van der Waals surface area contributed by atoms with Gasteiger partial charge in [-0.2, -0.15) is 5.26 Å². The number of ether oxygens (including phenoxy) is 1. The van der Waals surface area contributed by atoms with Gasteiger partial charge in [-0.3, -0.25) is 10.1 Å². The quantitative estimate of drug-likeness (QED) is 0.371. The van der Waals surface area contributed by atoms with E-state index in [0.29, 0.717) is 35.3 Å². The van der Waals surface area contributed by atoms with Crippen molar-refractivity contribution < 1.29 is 19.4 Å². The second-order valence-corrected chi connectivity index (χ2v) is 7.88. The van der Waals surface area contributed by atoms with E-state index in [0.717, 1.165) is 5.56 Å². The minimum absolute atomic E-state index is 0.189. The molecule has 10 nitrogen and oxygen atoms in total. The maximum atomic E-state index is 11.8. The zero-order valence-corrected chi connectivity index (χ0v) is 20.4. The van der Waals surface area contributed by atoms with Gasteiger partial charge in [0.2, 0.25) is 5.88 Å². The van der Waals surface area contributed by atoms with Crippen molar-refractivity contribution in [1.82, 2.24) is 20.9 Å². The van der Waals surface area contributed by atoms with Crippen molar-refractivity contribution >= 4 is 52.5 Å². The van der Waals surface area contributed by atoms with Gasteiger partial charge in [-0.15, -0.1) is 10.2 Å². The summed E-state index contributed by atoms with van der Waals surface area (Å²) in [4.78, 5) is 22.5. The van der Waals surface area contributed by atoms with Gasteiger partial charge in [0.1, 0.15) is 5.75 Å². The number of aromatic nitrogens is 2. The second kappa shape index (κ2) is 11.3. The maximum absolute atomic E-state index is 11.8. The molecular formula is C20H21Cl3N6O4. The fraction of sp³-hybridized carbons (Fsp3) is 0.350. The summed E-state index contributed by atoms with van der Waals surface area (Å²) >= 11 is 19.2. The number of amides is 2. The Kier molecular flexibility index (Phi) is 9.07. The first-order chi connectivity index (χ1) is 15.6. The molecule has 0 aliphatic carbocycles. The number of carbonyl (C=O) groups excluding carboxylic acids is 1. The molecule has 1 aromatic heterocycles. The van der Waals surface area contributed by atoms with E-state index >= 15 is 0 Å². The lowest BCUT2D eigenvalue weighted by molar-refractivity contribution is -0.120. The minimum Gasteiger partial charge on any atom is -0.465 e. The van der Waals surface area contributed by atoms with Gasteiger partial charge >= 0.3 is 6.09 Å². The lowest BCUT2D eigenvalue weighted by Crippen LogP contribution is -2.47. The van der Waals surface area contributed by atoms with Crippen LogP contribution in [0.3, 0.4) is 0 Å². The molecule has 1 unspecified atom stereocenters. The van der Waals surface area contributed by atoms with Crippen LogP contribution in [0.2, 0.25) is 15.2 Å². The van der Waals surface area contributed by atoms with Crippen molar-refractivity contribution in [3.8, 4) is 17.7 Å². The van der Waals surface area contributed by atoms with Gasteiger partial charge < -0.3 is 15.3 Å². The number of benzene rings is 1. The first-order valence-electron chi connectivity index (χ1n) is 9.72. The normalized spacial score (nSPS) is 11.5. The Labute approximate surface area is 205 Å². The third kappa shape index (κ3) is 5.75. The number of hydrazine groups is 1. The molecule has 1 atom stereocenters. The summed E-state index contributed by atoms with van der Waals surface area (Å²) in [5.74, 6) is -0.398. The summed E-state index contributed by atoms with van der Waals surface area (Å²) in [6, 6.07) is 0.115. The Morgan fingerprint density at radius 2 is 1.67 bits per heavy atom. The molecule has 0 saturated heterocycles. The van der Waals surface area contributed by atoms with E-state index in [1.165, 1.54) is 0 Å². The van der Waals surface area contributed by atoms with Crippen LogP contribution in [-0.2, 0) is 17.6 Å². The van der Waals surface area contributed by atoms with Crippen molar-refractivity contribution in [2.24, 2.45) is 0 Å². The first kappa shape index (κ1) is 26.4. The predicted octanol–water partition coefficient (Wildman–Crippen LogP) is 4.57. The van der Waals surface area contributed by atoms with Crippen LogP contribution in [0.25, 0.3) is 0 Å². The van der Waals surface area contributed by atoms with Crippen LogP contribution >= 0.6 is 34.8 Å². The third-order valence-corrected chi connectivity index (χ3v) is 6.00. The number of hydrogen-bond acceptors (Lipinski definition) is 8. The Hall–Kier alpha value is -2.84.